The lowest BCUT2D eigenvalue weighted by atomic mass is 9.79. The molecule has 0 spiro atoms. The van der Waals surface area contributed by atoms with Gasteiger partial charge < -0.3 is 24.5 Å². The Morgan fingerprint density at radius 1 is 0.442 bits per heavy atom. The molecule has 7 fully saturated rings. The summed E-state index contributed by atoms with van der Waals surface area (Å²) in [7, 11) is 6.91. The highest BCUT2D eigenvalue weighted by Gasteiger charge is 2.59. The summed E-state index contributed by atoms with van der Waals surface area (Å²) in [5, 5.41) is 0. The van der Waals surface area contributed by atoms with Gasteiger partial charge in [-0.25, -0.2) is 0 Å². The van der Waals surface area contributed by atoms with Crippen LogP contribution in [0.15, 0.2) is 0 Å². The highest BCUT2D eigenvalue weighted by molar-refractivity contribution is 5.11. The Balaban J connectivity index is 0.920. The molecule has 0 N–H and O–H groups in total. The molecule has 3 atom stereocenters. The van der Waals surface area contributed by atoms with Crippen molar-refractivity contribution < 1.29 is 0 Å². The molecule has 6 aliphatic heterocycles. The topological polar surface area (TPSA) is 19.4 Å². The fraction of sp³-hybridized carbons (Fsp3) is 1.00. The molecule has 1 unspecified atom stereocenters. The van der Waals surface area contributed by atoms with Crippen molar-refractivity contribution in [3.63, 3.8) is 0 Å². The van der Waals surface area contributed by atoms with Crippen molar-refractivity contribution in [2.75, 3.05) is 113 Å². The predicted octanol–water partition coefficient (Wildman–Crippen LogP) is 4.37. The van der Waals surface area contributed by atoms with Crippen molar-refractivity contribution in [2.45, 2.75) is 76.7 Å². The molecule has 0 aromatic rings. The third-order valence-corrected chi connectivity index (χ3v) is 14.2. The monoisotopic (exact) mass is 597 g/mol. The molecule has 43 heavy (non-hydrogen) atoms. The van der Waals surface area contributed by atoms with Crippen molar-refractivity contribution in [2.24, 2.45) is 47.3 Å². The molecule has 0 aromatic heterocycles. The first kappa shape index (κ1) is 31.4. The Labute approximate surface area is 265 Å². The molecule has 7 aliphatic rings. The molecule has 0 radical (unpaired) electrons. The van der Waals surface area contributed by atoms with Crippen molar-refractivity contribution in [1.82, 2.24) is 29.4 Å². The van der Waals surface area contributed by atoms with Crippen molar-refractivity contribution in [3.05, 3.63) is 0 Å². The van der Waals surface area contributed by atoms with E-state index in [9.17, 15) is 0 Å². The van der Waals surface area contributed by atoms with E-state index in [1.807, 2.05) is 0 Å². The minimum absolute atomic E-state index is 0.936. The highest BCUT2D eigenvalue weighted by atomic mass is 15.2. The molecule has 7 rings (SSSR count). The van der Waals surface area contributed by atoms with Crippen LogP contribution in [-0.2, 0) is 0 Å². The highest BCUT2D eigenvalue weighted by Crippen LogP contribution is 2.57. The normalized spacial score (nSPS) is 35.9. The quantitative estimate of drug-likeness (QED) is 0.391. The minimum atomic E-state index is 0.936. The van der Waals surface area contributed by atoms with Gasteiger partial charge in [0.1, 0.15) is 0 Å². The Hall–Kier alpha value is -0.240. The zero-order valence-corrected chi connectivity index (χ0v) is 28.6. The molecule has 6 heteroatoms. The first-order valence-electron chi connectivity index (χ1n) is 19.2. The van der Waals surface area contributed by atoms with Gasteiger partial charge in [0.05, 0.1) is 0 Å². The van der Waals surface area contributed by atoms with E-state index in [-0.39, 0.29) is 0 Å². The molecule has 1 aliphatic carbocycles. The molecular weight excluding hydrogens is 528 g/mol. The van der Waals surface area contributed by atoms with Crippen LogP contribution in [0.4, 0.5) is 0 Å². The summed E-state index contributed by atoms with van der Waals surface area (Å²) >= 11 is 0. The number of hydrogen-bond donors (Lipinski definition) is 0. The molecule has 246 valence electrons. The smallest absolute Gasteiger partial charge is 0.0164 e. The molecule has 0 bridgehead atoms. The lowest BCUT2D eigenvalue weighted by Crippen LogP contribution is -2.45. The Morgan fingerprint density at radius 2 is 0.907 bits per heavy atom. The zero-order chi connectivity index (χ0) is 29.3. The summed E-state index contributed by atoms with van der Waals surface area (Å²) in [6, 6.07) is 0.936. The van der Waals surface area contributed by atoms with Crippen molar-refractivity contribution in [1.29, 1.82) is 0 Å². The fourth-order valence-electron chi connectivity index (χ4n) is 11.3. The van der Waals surface area contributed by atoms with Crippen LogP contribution < -0.4 is 0 Å². The van der Waals surface area contributed by atoms with Gasteiger partial charge in [0.25, 0.3) is 0 Å². The van der Waals surface area contributed by atoms with Crippen LogP contribution in [-0.4, -0.2) is 148 Å². The standard InChI is InChI=1S/C37H68N6/c1-38-15-4-29(5-16-38)28-42-22-11-34(12-23-42)36-35(33-9-20-41(21-10-33)19-6-30-26-40(3)27-30)37(36)43-24-13-32(14-25-43)31-7-17-39(2)18-8-31/h29-37H,4-28H2,1-3H3/t35?,36-,37-/m0/s1. The Morgan fingerprint density at radius 3 is 1.44 bits per heavy atom. The van der Waals surface area contributed by atoms with Gasteiger partial charge in [-0.1, -0.05) is 0 Å². The molecular formula is C37H68N6. The lowest BCUT2D eigenvalue weighted by molar-refractivity contribution is 0.0862. The van der Waals surface area contributed by atoms with Gasteiger partial charge in [0.2, 0.25) is 0 Å². The van der Waals surface area contributed by atoms with Crippen LogP contribution in [0.25, 0.3) is 0 Å². The second-order valence-corrected chi connectivity index (χ2v) is 17.1. The molecule has 6 nitrogen and oxygen atoms in total. The maximum atomic E-state index is 3.07. The summed E-state index contributed by atoms with van der Waals surface area (Å²) < 4.78 is 0. The van der Waals surface area contributed by atoms with Gasteiger partial charge in [-0.2, -0.15) is 0 Å². The van der Waals surface area contributed by atoms with E-state index in [1.54, 1.807) is 0 Å². The van der Waals surface area contributed by atoms with E-state index < -0.39 is 0 Å². The minimum Gasteiger partial charge on any atom is -0.306 e. The van der Waals surface area contributed by atoms with Crippen LogP contribution in [0.1, 0.15) is 70.6 Å². The second-order valence-electron chi connectivity index (χ2n) is 17.1. The summed E-state index contributed by atoms with van der Waals surface area (Å²) in [4.78, 5) is 16.4. The first-order valence-corrected chi connectivity index (χ1v) is 19.2. The van der Waals surface area contributed by atoms with Crippen LogP contribution >= 0.6 is 0 Å². The van der Waals surface area contributed by atoms with E-state index >= 15 is 0 Å². The fourth-order valence-corrected chi connectivity index (χ4v) is 11.3. The first-order chi connectivity index (χ1) is 21.0. The molecule has 0 aromatic carbocycles. The van der Waals surface area contributed by atoms with Crippen molar-refractivity contribution >= 4 is 0 Å². The number of piperidine rings is 5. The van der Waals surface area contributed by atoms with Gasteiger partial charge in [-0.15, -0.1) is 0 Å². The number of likely N-dealkylation sites (tertiary alicyclic amines) is 6. The van der Waals surface area contributed by atoms with E-state index in [4.69, 9.17) is 0 Å². The van der Waals surface area contributed by atoms with E-state index in [2.05, 4.69) is 50.5 Å². The van der Waals surface area contributed by atoms with Crippen LogP contribution in [0.3, 0.4) is 0 Å². The molecule has 6 saturated heterocycles. The van der Waals surface area contributed by atoms with Gasteiger partial charge >= 0.3 is 0 Å². The summed E-state index contributed by atoms with van der Waals surface area (Å²) in [5.41, 5.74) is 0. The predicted molar refractivity (Wildman–Crippen MR) is 179 cm³/mol. The maximum absolute atomic E-state index is 3.07. The second kappa shape index (κ2) is 14.3. The zero-order valence-electron chi connectivity index (χ0n) is 28.6. The maximum Gasteiger partial charge on any atom is 0.0164 e. The summed E-state index contributed by atoms with van der Waals surface area (Å²) in [5.74, 6) is 8.01. The lowest BCUT2D eigenvalue weighted by Gasteiger charge is -2.40. The molecule has 6 heterocycles. The van der Waals surface area contributed by atoms with Crippen LogP contribution in [0, 0.1) is 47.3 Å². The van der Waals surface area contributed by atoms with Gasteiger partial charge in [-0.05, 0) is 211 Å². The SMILES string of the molecule is CN1CCC(CN2CCC([C@H]3C(C4CCN(CCC5CN(C)C5)CC4)[C@@H]3N3CCC(C4CCN(C)CC4)CC3)CC2)CC1. The van der Waals surface area contributed by atoms with Crippen LogP contribution in [0.5, 0.6) is 0 Å². The van der Waals surface area contributed by atoms with E-state index in [0.717, 1.165) is 53.4 Å². The number of hydrogen-bond acceptors (Lipinski definition) is 6. The Bertz CT molecular complexity index is 837. The number of rotatable bonds is 9. The van der Waals surface area contributed by atoms with Gasteiger partial charge in [0.15, 0.2) is 0 Å². The average Bonchev–Trinajstić information content (AvgIpc) is 3.77. The van der Waals surface area contributed by atoms with Gasteiger partial charge in [0, 0.05) is 25.7 Å². The summed E-state index contributed by atoms with van der Waals surface area (Å²) in [6.07, 6.45) is 16.2. The largest absolute Gasteiger partial charge is 0.306 e. The third kappa shape index (κ3) is 7.67. The average molecular weight is 597 g/mol. The van der Waals surface area contributed by atoms with E-state index in [0.29, 0.717) is 0 Å². The Kier molecular flexibility index (Phi) is 10.4. The van der Waals surface area contributed by atoms with Crippen molar-refractivity contribution in [3.8, 4) is 0 Å². The van der Waals surface area contributed by atoms with Crippen LogP contribution in [0.2, 0.25) is 0 Å². The summed E-state index contributed by atoms with van der Waals surface area (Å²) in [6.45, 7) is 19.1. The van der Waals surface area contributed by atoms with E-state index in [1.165, 1.54) is 162 Å². The molecule has 1 saturated carbocycles. The van der Waals surface area contributed by atoms with Gasteiger partial charge in [-0.3, -0.25) is 4.90 Å². The number of nitrogens with zero attached hydrogens (tertiary/aromatic N) is 6. The third-order valence-electron chi connectivity index (χ3n) is 14.2. The molecule has 0 amide bonds.